The standard InChI is InChI=1S/C39H52O3/c1-9-34(36(40)18-15-30-12-10-11-13-30)29(6)33-20-25(2)21-35(31-16-14-26(3)38(24-31)42-8)39(28(5)23-33)32-17-19-37(41-7)27(4)22-32/h14,16-17,19,21-24,28-30,34H,9-13,15,18,20H2,1-8H3/b25-21-,33-23+,39-35-. The molecule has 2 aromatic carbocycles. The van der Waals surface area contributed by atoms with Gasteiger partial charge in [-0.3, -0.25) is 4.79 Å². The predicted molar refractivity (Wildman–Crippen MR) is 177 cm³/mol. The highest BCUT2D eigenvalue weighted by Gasteiger charge is 2.29. The summed E-state index contributed by atoms with van der Waals surface area (Å²) in [4.78, 5) is 13.6. The maximum absolute atomic E-state index is 13.6. The number of methoxy groups -OCH3 is 2. The molecule has 0 aliphatic heterocycles. The van der Waals surface area contributed by atoms with Crippen molar-refractivity contribution in [2.75, 3.05) is 14.2 Å². The fourth-order valence-corrected chi connectivity index (χ4v) is 7.36. The van der Waals surface area contributed by atoms with Gasteiger partial charge in [0.15, 0.2) is 0 Å². The molecule has 3 nitrogen and oxygen atoms in total. The van der Waals surface area contributed by atoms with E-state index >= 15 is 0 Å². The Morgan fingerprint density at radius 2 is 1.62 bits per heavy atom. The van der Waals surface area contributed by atoms with Crippen LogP contribution in [0.5, 0.6) is 11.5 Å². The molecule has 0 spiro atoms. The monoisotopic (exact) mass is 568 g/mol. The highest BCUT2D eigenvalue weighted by atomic mass is 16.5. The summed E-state index contributed by atoms with van der Waals surface area (Å²) in [5, 5.41) is 0. The largest absolute Gasteiger partial charge is 0.496 e. The second-order valence-electron chi connectivity index (χ2n) is 12.9. The Labute approximate surface area is 255 Å². The first-order chi connectivity index (χ1) is 20.2. The van der Waals surface area contributed by atoms with Crippen LogP contribution in [0, 0.1) is 37.5 Å². The minimum Gasteiger partial charge on any atom is -0.496 e. The molecule has 226 valence electrons. The molecule has 2 aromatic rings. The van der Waals surface area contributed by atoms with Crippen molar-refractivity contribution in [1.82, 2.24) is 0 Å². The minimum absolute atomic E-state index is 0.0774. The first-order valence-electron chi connectivity index (χ1n) is 16.1. The van der Waals surface area contributed by atoms with Gasteiger partial charge in [0.05, 0.1) is 14.2 Å². The number of Topliss-reactive ketones (excluding diaryl/α,β-unsaturated/α-hetero) is 1. The molecule has 3 heteroatoms. The van der Waals surface area contributed by atoms with E-state index in [0.717, 1.165) is 59.8 Å². The van der Waals surface area contributed by atoms with E-state index in [9.17, 15) is 4.79 Å². The summed E-state index contributed by atoms with van der Waals surface area (Å²) in [7, 11) is 3.47. The van der Waals surface area contributed by atoms with Crippen LogP contribution in [0.3, 0.4) is 0 Å². The third-order valence-electron chi connectivity index (χ3n) is 9.82. The summed E-state index contributed by atoms with van der Waals surface area (Å²) in [5.41, 5.74) is 9.82. The average molecular weight is 569 g/mol. The molecular weight excluding hydrogens is 516 g/mol. The van der Waals surface area contributed by atoms with Crippen LogP contribution in [-0.4, -0.2) is 20.0 Å². The molecule has 0 saturated heterocycles. The lowest BCUT2D eigenvalue weighted by atomic mass is 9.75. The highest BCUT2D eigenvalue weighted by molar-refractivity contribution is 5.98. The Hall–Kier alpha value is -3.07. The van der Waals surface area contributed by atoms with Gasteiger partial charge in [-0.2, -0.15) is 0 Å². The van der Waals surface area contributed by atoms with Crippen molar-refractivity contribution in [3.63, 3.8) is 0 Å². The lowest BCUT2D eigenvalue weighted by Gasteiger charge is -2.29. The first kappa shape index (κ1) is 31.9. The Morgan fingerprint density at radius 3 is 2.26 bits per heavy atom. The van der Waals surface area contributed by atoms with E-state index in [1.807, 2.05) is 0 Å². The van der Waals surface area contributed by atoms with Crippen LogP contribution in [0.2, 0.25) is 0 Å². The van der Waals surface area contributed by atoms with Crippen molar-refractivity contribution in [3.05, 3.63) is 82.0 Å². The zero-order valence-electron chi connectivity index (χ0n) is 27.3. The van der Waals surface area contributed by atoms with Crippen LogP contribution in [0.4, 0.5) is 0 Å². The maximum Gasteiger partial charge on any atom is 0.136 e. The van der Waals surface area contributed by atoms with Crippen molar-refractivity contribution in [3.8, 4) is 11.5 Å². The first-order valence-corrected chi connectivity index (χ1v) is 16.1. The molecule has 4 rings (SSSR count). The lowest BCUT2D eigenvalue weighted by Crippen LogP contribution is -2.24. The van der Waals surface area contributed by atoms with Crippen molar-refractivity contribution in [2.45, 2.75) is 92.9 Å². The van der Waals surface area contributed by atoms with E-state index in [-0.39, 0.29) is 17.8 Å². The molecular formula is C39H52O3. The van der Waals surface area contributed by atoms with Gasteiger partial charge in [-0.05, 0) is 103 Å². The average Bonchev–Trinajstić information content (AvgIpc) is 3.49. The van der Waals surface area contributed by atoms with Crippen LogP contribution >= 0.6 is 0 Å². The molecule has 2 aliphatic rings. The number of aryl methyl sites for hydroxylation is 2. The van der Waals surface area contributed by atoms with E-state index in [1.54, 1.807) is 14.2 Å². The SMILES string of the molecule is CCC(C(=O)CCC1CCCC1)C(C)/C1=C/C(C)/C(c2ccc(OC)c(C)c2)=C(c2ccc(C)c(OC)c2)\C=C(\C)C1. The molecule has 0 bridgehead atoms. The summed E-state index contributed by atoms with van der Waals surface area (Å²) < 4.78 is 11.3. The van der Waals surface area contributed by atoms with Crippen molar-refractivity contribution >= 4 is 16.9 Å². The summed E-state index contributed by atoms with van der Waals surface area (Å²) in [6.45, 7) is 13.2. The number of allylic oxidation sites excluding steroid dienone is 6. The van der Waals surface area contributed by atoms with Gasteiger partial charge in [-0.15, -0.1) is 0 Å². The quantitative estimate of drug-likeness (QED) is 0.253. The van der Waals surface area contributed by atoms with Crippen molar-refractivity contribution < 1.29 is 14.3 Å². The molecule has 0 amide bonds. The molecule has 42 heavy (non-hydrogen) atoms. The highest BCUT2D eigenvalue weighted by Crippen LogP contribution is 2.42. The van der Waals surface area contributed by atoms with E-state index in [2.05, 4.69) is 90.1 Å². The summed E-state index contributed by atoms with van der Waals surface area (Å²) in [6, 6.07) is 13.0. The second kappa shape index (κ2) is 14.4. The number of carbonyl (C=O) groups excluding carboxylic acids is 1. The maximum atomic E-state index is 13.6. The van der Waals surface area contributed by atoms with E-state index in [1.165, 1.54) is 53.5 Å². The van der Waals surface area contributed by atoms with Gasteiger partial charge < -0.3 is 9.47 Å². The molecule has 1 saturated carbocycles. The molecule has 3 atom stereocenters. The summed E-state index contributed by atoms with van der Waals surface area (Å²) >= 11 is 0. The minimum atomic E-state index is 0.0774. The molecule has 2 aliphatic carbocycles. The molecule has 0 aromatic heterocycles. The number of ether oxygens (including phenoxy) is 2. The van der Waals surface area contributed by atoms with Gasteiger partial charge in [0.2, 0.25) is 0 Å². The molecule has 0 heterocycles. The smallest absolute Gasteiger partial charge is 0.136 e. The fourth-order valence-electron chi connectivity index (χ4n) is 7.36. The number of carbonyl (C=O) groups is 1. The number of hydrogen-bond acceptors (Lipinski definition) is 3. The molecule has 0 N–H and O–H groups in total. The van der Waals surface area contributed by atoms with E-state index in [0.29, 0.717) is 5.78 Å². The number of hydrogen-bond donors (Lipinski definition) is 0. The second-order valence-corrected chi connectivity index (χ2v) is 12.9. The molecule has 0 radical (unpaired) electrons. The van der Waals surface area contributed by atoms with Gasteiger partial charge in [-0.25, -0.2) is 0 Å². The van der Waals surface area contributed by atoms with Crippen molar-refractivity contribution in [1.29, 1.82) is 0 Å². The van der Waals surface area contributed by atoms with Gasteiger partial charge in [0.1, 0.15) is 17.3 Å². The predicted octanol–water partition coefficient (Wildman–Crippen LogP) is 10.3. The Balaban J connectivity index is 1.77. The molecule has 1 fully saturated rings. The van der Waals surface area contributed by atoms with Gasteiger partial charge >= 0.3 is 0 Å². The van der Waals surface area contributed by atoms with Crippen molar-refractivity contribution in [2.24, 2.45) is 23.7 Å². The Bertz CT molecular complexity index is 1350. The Kier molecular flexibility index (Phi) is 10.9. The van der Waals surface area contributed by atoms with Crippen LogP contribution in [0.25, 0.3) is 11.1 Å². The number of ketones is 1. The van der Waals surface area contributed by atoms with Crippen LogP contribution < -0.4 is 9.47 Å². The van der Waals surface area contributed by atoms with Gasteiger partial charge in [0, 0.05) is 18.3 Å². The van der Waals surface area contributed by atoms with Crippen LogP contribution in [-0.2, 0) is 4.79 Å². The topological polar surface area (TPSA) is 35.5 Å². The third-order valence-corrected chi connectivity index (χ3v) is 9.82. The zero-order valence-corrected chi connectivity index (χ0v) is 27.3. The summed E-state index contributed by atoms with van der Waals surface area (Å²) in [6.07, 6.45) is 13.7. The number of rotatable bonds is 11. The Morgan fingerprint density at radius 1 is 0.929 bits per heavy atom. The molecule has 3 unspecified atom stereocenters. The van der Waals surface area contributed by atoms with Crippen LogP contribution in [0.15, 0.2) is 59.7 Å². The van der Waals surface area contributed by atoms with E-state index in [4.69, 9.17) is 9.47 Å². The number of benzene rings is 2. The van der Waals surface area contributed by atoms with Gasteiger partial charge in [-0.1, -0.05) is 88.0 Å². The van der Waals surface area contributed by atoms with Gasteiger partial charge in [0.25, 0.3) is 0 Å². The summed E-state index contributed by atoms with van der Waals surface area (Å²) in [5.74, 6) is 3.47. The normalized spacial score (nSPS) is 23.7. The third kappa shape index (κ3) is 7.28. The van der Waals surface area contributed by atoms with E-state index < -0.39 is 0 Å². The lowest BCUT2D eigenvalue weighted by molar-refractivity contribution is -0.124. The fraction of sp³-hybridized carbons (Fsp3) is 0.513. The van der Waals surface area contributed by atoms with Crippen LogP contribution in [0.1, 0.15) is 101 Å². The zero-order chi connectivity index (χ0) is 30.4.